The lowest BCUT2D eigenvalue weighted by molar-refractivity contribution is 0.143. The van der Waals surface area contributed by atoms with E-state index in [0.717, 1.165) is 19.0 Å². The fraction of sp³-hybridized carbons (Fsp3) is 1.00. The van der Waals surface area contributed by atoms with Gasteiger partial charge in [-0.1, -0.05) is 6.92 Å². The minimum absolute atomic E-state index is 0.243. The molecule has 4 N–H and O–H groups in total. The fourth-order valence-electron chi connectivity index (χ4n) is 1.33. The molecule has 1 fully saturated rings. The number of hydrogen-bond donors (Lipinski definition) is 2. The van der Waals surface area contributed by atoms with Crippen LogP contribution in [0, 0.1) is 5.92 Å². The highest BCUT2D eigenvalue weighted by Gasteiger charge is 2.17. The highest BCUT2D eigenvalue weighted by atomic mass is 15.3. The smallest absolute Gasteiger partial charge is 0.109 e. The topological polar surface area (TPSA) is 55.3 Å². The van der Waals surface area contributed by atoms with Crippen molar-refractivity contribution < 1.29 is 0 Å². The molecule has 1 rings (SSSR count). The molecule has 60 valence electrons. The van der Waals surface area contributed by atoms with Crippen LogP contribution in [0.3, 0.4) is 0 Å². The van der Waals surface area contributed by atoms with Gasteiger partial charge in [0.15, 0.2) is 0 Å². The third kappa shape index (κ3) is 1.94. The van der Waals surface area contributed by atoms with Gasteiger partial charge in [-0.25, -0.2) is 0 Å². The molecule has 0 amide bonds. The van der Waals surface area contributed by atoms with E-state index in [4.69, 9.17) is 11.5 Å². The number of nitrogens with zero attached hydrogens (tertiary/aromatic N) is 1. The second-order valence-corrected chi connectivity index (χ2v) is 3.21. The summed E-state index contributed by atoms with van der Waals surface area (Å²) in [4.78, 5) is 2.12. The molecule has 0 aliphatic carbocycles. The molecule has 0 bridgehead atoms. The lowest BCUT2D eigenvalue weighted by Gasteiger charge is -2.32. The molecule has 0 aromatic rings. The van der Waals surface area contributed by atoms with Gasteiger partial charge in [-0.3, -0.25) is 4.90 Å². The number of hydrogen-bond acceptors (Lipinski definition) is 3. The van der Waals surface area contributed by atoms with Crippen LogP contribution in [0.5, 0.6) is 0 Å². The zero-order chi connectivity index (χ0) is 7.56. The van der Waals surface area contributed by atoms with Crippen molar-refractivity contribution in [3.8, 4) is 0 Å². The van der Waals surface area contributed by atoms with Gasteiger partial charge in [-0.15, -0.1) is 0 Å². The highest BCUT2D eigenvalue weighted by molar-refractivity contribution is 4.70. The normalized spacial score (nSPS) is 24.0. The third-order valence-corrected chi connectivity index (χ3v) is 2.24. The van der Waals surface area contributed by atoms with Gasteiger partial charge in [0.1, 0.15) is 6.29 Å². The van der Waals surface area contributed by atoms with Crippen molar-refractivity contribution >= 4 is 0 Å². The summed E-state index contributed by atoms with van der Waals surface area (Å²) in [5.41, 5.74) is 11.0. The van der Waals surface area contributed by atoms with Gasteiger partial charge in [0.25, 0.3) is 0 Å². The minimum atomic E-state index is -0.243. The van der Waals surface area contributed by atoms with Crippen LogP contribution in [0.2, 0.25) is 0 Å². The summed E-state index contributed by atoms with van der Waals surface area (Å²) < 4.78 is 0. The van der Waals surface area contributed by atoms with Crippen molar-refractivity contribution in [1.82, 2.24) is 4.90 Å². The summed E-state index contributed by atoms with van der Waals surface area (Å²) in [6.45, 7) is 4.41. The molecule has 1 heterocycles. The fourth-order valence-corrected chi connectivity index (χ4v) is 1.33. The van der Waals surface area contributed by atoms with Crippen LogP contribution in [0.15, 0.2) is 0 Å². The predicted octanol–water partition coefficient (Wildman–Crippen LogP) is -0.0807. The monoisotopic (exact) mass is 143 g/mol. The largest absolute Gasteiger partial charge is 0.304 e. The van der Waals surface area contributed by atoms with E-state index in [0.29, 0.717) is 0 Å². The van der Waals surface area contributed by atoms with Crippen molar-refractivity contribution in [3.63, 3.8) is 0 Å². The van der Waals surface area contributed by atoms with E-state index >= 15 is 0 Å². The van der Waals surface area contributed by atoms with Crippen LogP contribution in [0.1, 0.15) is 19.8 Å². The van der Waals surface area contributed by atoms with Gasteiger partial charge in [0.05, 0.1) is 0 Å². The SMILES string of the molecule is CC1CCN(C(N)N)CC1. The van der Waals surface area contributed by atoms with Gasteiger partial charge in [0.2, 0.25) is 0 Å². The maximum absolute atomic E-state index is 5.52. The first kappa shape index (κ1) is 7.98. The van der Waals surface area contributed by atoms with E-state index < -0.39 is 0 Å². The maximum atomic E-state index is 5.52. The molecule has 0 unspecified atom stereocenters. The molecule has 1 aliphatic rings. The molecule has 0 atom stereocenters. The molecular formula is C7H17N3. The molecule has 1 saturated heterocycles. The van der Waals surface area contributed by atoms with Gasteiger partial charge in [0, 0.05) is 13.1 Å². The second kappa shape index (κ2) is 3.32. The second-order valence-electron chi connectivity index (χ2n) is 3.21. The van der Waals surface area contributed by atoms with Crippen molar-refractivity contribution in [1.29, 1.82) is 0 Å². The molecule has 0 aromatic carbocycles. The zero-order valence-electron chi connectivity index (χ0n) is 6.59. The van der Waals surface area contributed by atoms with Crippen molar-refractivity contribution in [3.05, 3.63) is 0 Å². The Morgan fingerprint density at radius 1 is 1.30 bits per heavy atom. The highest BCUT2D eigenvalue weighted by Crippen LogP contribution is 2.15. The van der Waals surface area contributed by atoms with Crippen LogP contribution in [-0.2, 0) is 0 Å². The van der Waals surface area contributed by atoms with E-state index in [1.54, 1.807) is 0 Å². The number of piperidine rings is 1. The molecular weight excluding hydrogens is 126 g/mol. The molecule has 0 radical (unpaired) electrons. The average Bonchev–Trinajstić information content (AvgIpc) is 1.88. The number of nitrogens with two attached hydrogens (primary N) is 2. The van der Waals surface area contributed by atoms with E-state index in [2.05, 4.69) is 11.8 Å². The molecule has 0 spiro atoms. The first-order chi connectivity index (χ1) is 4.70. The van der Waals surface area contributed by atoms with Gasteiger partial charge in [-0.2, -0.15) is 0 Å². The van der Waals surface area contributed by atoms with Crippen LogP contribution >= 0.6 is 0 Å². The number of rotatable bonds is 1. The van der Waals surface area contributed by atoms with E-state index in [1.165, 1.54) is 12.8 Å². The Morgan fingerprint density at radius 3 is 2.20 bits per heavy atom. The summed E-state index contributed by atoms with van der Waals surface area (Å²) in [5.74, 6) is 0.856. The quantitative estimate of drug-likeness (QED) is 0.505. The van der Waals surface area contributed by atoms with E-state index in [1.807, 2.05) is 0 Å². The van der Waals surface area contributed by atoms with Crippen LogP contribution in [-0.4, -0.2) is 24.3 Å². The van der Waals surface area contributed by atoms with Crippen molar-refractivity contribution in [2.45, 2.75) is 26.1 Å². The Balaban J connectivity index is 2.26. The molecule has 3 nitrogen and oxygen atoms in total. The third-order valence-electron chi connectivity index (χ3n) is 2.24. The lowest BCUT2D eigenvalue weighted by Crippen LogP contribution is -2.51. The van der Waals surface area contributed by atoms with Gasteiger partial charge in [-0.05, 0) is 18.8 Å². The minimum Gasteiger partial charge on any atom is -0.304 e. The first-order valence-corrected chi connectivity index (χ1v) is 3.95. The Bertz CT molecular complexity index is 95.0. The Kier molecular flexibility index (Phi) is 2.65. The molecule has 0 aromatic heterocycles. The summed E-state index contributed by atoms with van der Waals surface area (Å²) in [6.07, 6.45) is 2.24. The Labute approximate surface area is 62.4 Å². The summed E-state index contributed by atoms with van der Waals surface area (Å²) in [5, 5.41) is 0. The van der Waals surface area contributed by atoms with Crippen LogP contribution in [0.25, 0.3) is 0 Å². The van der Waals surface area contributed by atoms with E-state index in [9.17, 15) is 0 Å². The molecule has 10 heavy (non-hydrogen) atoms. The number of likely N-dealkylation sites (tertiary alicyclic amines) is 1. The van der Waals surface area contributed by atoms with Crippen molar-refractivity contribution in [2.24, 2.45) is 17.4 Å². The summed E-state index contributed by atoms with van der Waals surface area (Å²) in [7, 11) is 0. The lowest BCUT2D eigenvalue weighted by atomic mass is 9.99. The standard InChI is InChI=1S/C7H17N3/c1-6-2-4-10(5-3-6)7(8)9/h6-7H,2-5,8-9H2,1H3. The summed E-state index contributed by atoms with van der Waals surface area (Å²) >= 11 is 0. The maximum Gasteiger partial charge on any atom is 0.109 e. The first-order valence-electron chi connectivity index (χ1n) is 3.95. The Hall–Kier alpha value is -0.120. The molecule has 3 heteroatoms. The predicted molar refractivity (Wildman–Crippen MR) is 42.1 cm³/mol. The van der Waals surface area contributed by atoms with Crippen molar-refractivity contribution in [2.75, 3.05) is 13.1 Å². The molecule has 0 saturated carbocycles. The average molecular weight is 143 g/mol. The van der Waals surface area contributed by atoms with E-state index in [-0.39, 0.29) is 6.29 Å². The zero-order valence-corrected chi connectivity index (χ0v) is 6.59. The van der Waals surface area contributed by atoms with Crippen LogP contribution < -0.4 is 11.5 Å². The summed E-state index contributed by atoms with van der Waals surface area (Å²) in [6, 6.07) is 0. The van der Waals surface area contributed by atoms with Crippen LogP contribution in [0.4, 0.5) is 0 Å². The Morgan fingerprint density at radius 2 is 1.80 bits per heavy atom. The molecule has 1 aliphatic heterocycles. The van der Waals surface area contributed by atoms with Gasteiger partial charge < -0.3 is 11.5 Å². The van der Waals surface area contributed by atoms with Gasteiger partial charge >= 0.3 is 0 Å².